The zero-order chi connectivity index (χ0) is 18.8. The van der Waals surface area contributed by atoms with Gasteiger partial charge in [-0.15, -0.1) is 0 Å². The molecule has 1 aromatic carbocycles. The molecular weight excluding hydrogens is 342 g/mol. The van der Waals surface area contributed by atoms with Gasteiger partial charge in [0, 0.05) is 49.8 Å². The Kier molecular flexibility index (Phi) is 5.14. The van der Waals surface area contributed by atoms with Crippen molar-refractivity contribution in [1.29, 1.82) is 0 Å². The maximum absolute atomic E-state index is 12.9. The van der Waals surface area contributed by atoms with Gasteiger partial charge in [-0.1, -0.05) is 19.3 Å². The minimum Gasteiger partial charge on any atom is -0.339 e. The Labute approximate surface area is 159 Å². The number of nitrogens with one attached hydrogen (secondary N) is 1. The molecule has 3 amide bonds. The number of hydrogen-bond donors (Lipinski definition) is 1. The minimum atomic E-state index is 0.0134. The number of fused-ring (bicyclic) bond motifs is 1. The summed E-state index contributed by atoms with van der Waals surface area (Å²) in [4.78, 5) is 40.8. The summed E-state index contributed by atoms with van der Waals surface area (Å²) < 4.78 is 0. The highest BCUT2D eigenvalue weighted by Gasteiger charge is 2.30. The average molecular weight is 369 g/mol. The summed E-state index contributed by atoms with van der Waals surface area (Å²) in [5.41, 5.74) is 2.49. The van der Waals surface area contributed by atoms with Crippen LogP contribution >= 0.6 is 0 Å². The predicted molar refractivity (Wildman–Crippen MR) is 102 cm³/mol. The SMILES string of the molecule is O=C1CCc2cc(C(=O)N3CCN(C(=O)C4CCCCC4)CC3)ccc2N1. The van der Waals surface area contributed by atoms with E-state index in [9.17, 15) is 14.4 Å². The number of anilines is 1. The van der Waals surface area contributed by atoms with Crippen LogP contribution in [0.2, 0.25) is 0 Å². The standard InChI is InChI=1S/C21H27N3O3/c25-19-9-7-16-14-17(6-8-18(16)22-19)21(27)24-12-10-23(11-13-24)20(26)15-4-2-1-3-5-15/h6,8,14-15H,1-5,7,9-13H2,(H,22,25). The van der Waals surface area contributed by atoms with Crippen LogP contribution in [0.25, 0.3) is 0 Å². The fourth-order valence-corrected chi connectivity index (χ4v) is 4.44. The highest BCUT2D eigenvalue weighted by Crippen LogP contribution is 2.27. The van der Waals surface area contributed by atoms with Crippen molar-refractivity contribution in [2.24, 2.45) is 5.92 Å². The van der Waals surface area contributed by atoms with Gasteiger partial charge in [-0.2, -0.15) is 0 Å². The Bertz CT molecular complexity index is 747. The molecule has 0 radical (unpaired) electrons. The Hall–Kier alpha value is -2.37. The summed E-state index contributed by atoms with van der Waals surface area (Å²) in [6, 6.07) is 5.51. The van der Waals surface area contributed by atoms with Gasteiger partial charge in [-0.05, 0) is 43.0 Å². The van der Waals surface area contributed by atoms with Gasteiger partial charge in [0.1, 0.15) is 0 Å². The van der Waals surface area contributed by atoms with Gasteiger partial charge in [-0.3, -0.25) is 14.4 Å². The molecule has 1 N–H and O–H groups in total. The highest BCUT2D eigenvalue weighted by atomic mass is 16.2. The van der Waals surface area contributed by atoms with E-state index < -0.39 is 0 Å². The quantitative estimate of drug-likeness (QED) is 0.870. The Balaban J connectivity index is 1.36. The van der Waals surface area contributed by atoms with E-state index >= 15 is 0 Å². The van der Waals surface area contributed by atoms with Crippen molar-refractivity contribution in [2.75, 3.05) is 31.5 Å². The average Bonchev–Trinajstić information content (AvgIpc) is 2.73. The number of hydrogen-bond acceptors (Lipinski definition) is 3. The molecule has 1 saturated heterocycles. The van der Waals surface area contributed by atoms with Crippen molar-refractivity contribution < 1.29 is 14.4 Å². The molecule has 6 nitrogen and oxygen atoms in total. The molecule has 4 rings (SSSR count). The van der Waals surface area contributed by atoms with E-state index in [0.29, 0.717) is 44.6 Å². The van der Waals surface area contributed by atoms with Gasteiger partial charge in [0.05, 0.1) is 0 Å². The molecule has 144 valence electrons. The molecule has 1 aliphatic carbocycles. The highest BCUT2D eigenvalue weighted by molar-refractivity contribution is 5.98. The zero-order valence-electron chi connectivity index (χ0n) is 15.7. The van der Waals surface area contributed by atoms with Crippen molar-refractivity contribution in [3.63, 3.8) is 0 Å². The molecule has 0 atom stereocenters. The van der Waals surface area contributed by atoms with Crippen LogP contribution in [0.15, 0.2) is 18.2 Å². The smallest absolute Gasteiger partial charge is 0.253 e. The number of carbonyl (C=O) groups is 3. The van der Waals surface area contributed by atoms with Gasteiger partial charge in [0.15, 0.2) is 0 Å². The predicted octanol–water partition coefficient (Wildman–Crippen LogP) is 2.44. The number of nitrogens with zero attached hydrogens (tertiary/aromatic N) is 2. The lowest BCUT2D eigenvalue weighted by molar-refractivity contribution is -0.138. The third kappa shape index (κ3) is 3.84. The van der Waals surface area contributed by atoms with E-state index in [1.807, 2.05) is 21.9 Å². The van der Waals surface area contributed by atoms with Crippen molar-refractivity contribution in [3.8, 4) is 0 Å². The summed E-state index contributed by atoms with van der Waals surface area (Å²) in [5.74, 6) is 0.517. The van der Waals surface area contributed by atoms with Gasteiger partial charge in [-0.25, -0.2) is 0 Å². The van der Waals surface area contributed by atoms with Crippen LogP contribution in [-0.4, -0.2) is 53.7 Å². The van der Waals surface area contributed by atoms with Crippen LogP contribution in [0.3, 0.4) is 0 Å². The van der Waals surface area contributed by atoms with Gasteiger partial charge in [0.2, 0.25) is 11.8 Å². The second kappa shape index (κ2) is 7.71. The van der Waals surface area contributed by atoms with Crippen LogP contribution in [0.1, 0.15) is 54.4 Å². The first kappa shape index (κ1) is 18.0. The van der Waals surface area contributed by atoms with E-state index in [-0.39, 0.29) is 23.6 Å². The monoisotopic (exact) mass is 369 g/mol. The van der Waals surface area contributed by atoms with Crippen molar-refractivity contribution >= 4 is 23.4 Å². The molecule has 2 heterocycles. The molecule has 0 spiro atoms. The summed E-state index contributed by atoms with van der Waals surface area (Å²) in [6.45, 7) is 2.43. The number of piperazine rings is 1. The lowest BCUT2D eigenvalue weighted by atomic mass is 9.88. The Morgan fingerprint density at radius 2 is 1.63 bits per heavy atom. The molecule has 27 heavy (non-hydrogen) atoms. The second-order valence-electron chi connectivity index (χ2n) is 7.87. The number of benzene rings is 1. The summed E-state index contributed by atoms with van der Waals surface area (Å²) in [5, 5.41) is 2.85. The van der Waals surface area contributed by atoms with Gasteiger partial charge >= 0.3 is 0 Å². The van der Waals surface area contributed by atoms with E-state index in [1.54, 1.807) is 6.07 Å². The molecule has 1 saturated carbocycles. The lowest BCUT2D eigenvalue weighted by Gasteiger charge is -2.37. The van der Waals surface area contributed by atoms with E-state index in [2.05, 4.69) is 5.32 Å². The minimum absolute atomic E-state index is 0.0134. The van der Waals surface area contributed by atoms with Gasteiger partial charge < -0.3 is 15.1 Å². The first-order valence-corrected chi connectivity index (χ1v) is 10.1. The third-order valence-electron chi connectivity index (χ3n) is 6.08. The summed E-state index contributed by atoms with van der Waals surface area (Å²) >= 11 is 0. The van der Waals surface area contributed by atoms with Crippen LogP contribution in [0.5, 0.6) is 0 Å². The lowest BCUT2D eigenvalue weighted by Crippen LogP contribution is -2.52. The van der Waals surface area contributed by atoms with Crippen molar-refractivity contribution in [1.82, 2.24) is 9.80 Å². The topological polar surface area (TPSA) is 69.7 Å². The maximum Gasteiger partial charge on any atom is 0.253 e. The number of amides is 3. The zero-order valence-corrected chi connectivity index (χ0v) is 15.7. The van der Waals surface area contributed by atoms with E-state index in [4.69, 9.17) is 0 Å². The van der Waals surface area contributed by atoms with Crippen molar-refractivity contribution in [3.05, 3.63) is 29.3 Å². The molecule has 2 aliphatic heterocycles. The Morgan fingerprint density at radius 3 is 2.37 bits per heavy atom. The largest absolute Gasteiger partial charge is 0.339 e. The molecular formula is C21H27N3O3. The van der Waals surface area contributed by atoms with Crippen LogP contribution in [-0.2, 0) is 16.0 Å². The molecule has 0 aromatic heterocycles. The van der Waals surface area contributed by atoms with Crippen molar-refractivity contribution in [2.45, 2.75) is 44.9 Å². The van der Waals surface area contributed by atoms with Crippen LogP contribution < -0.4 is 5.32 Å². The third-order valence-corrected chi connectivity index (χ3v) is 6.08. The first-order valence-electron chi connectivity index (χ1n) is 10.1. The molecule has 6 heteroatoms. The first-order chi connectivity index (χ1) is 13.1. The molecule has 0 unspecified atom stereocenters. The van der Waals surface area contributed by atoms with Gasteiger partial charge in [0.25, 0.3) is 5.91 Å². The number of carbonyl (C=O) groups excluding carboxylic acids is 3. The molecule has 0 bridgehead atoms. The fourth-order valence-electron chi connectivity index (χ4n) is 4.44. The summed E-state index contributed by atoms with van der Waals surface area (Å²) in [7, 11) is 0. The molecule has 3 aliphatic rings. The molecule has 2 fully saturated rings. The second-order valence-corrected chi connectivity index (χ2v) is 7.87. The molecule has 1 aromatic rings. The normalized spacial score (nSPS) is 20.8. The maximum atomic E-state index is 12.9. The van der Waals surface area contributed by atoms with E-state index in [1.165, 1.54) is 6.42 Å². The number of aryl methyl sites for hydroxylation is 1. The number of rotatable bonds is 2. The Morgan fingerprint density at radius 1 is 0.926 bits per heavy atom. The van der Waals surface area contributed by atoms with E-state index in [0.717, 1.165) is 36.9 Å². The summed E-state index contributed by atoms with van der Waals surface area (Å²) in [6.07, 6.45) is 6.74. The van der Waals surface area contributed by atoms with Crippen LogP contribution in [0.4, 0.5) is 5.69 Å². The van der Waals surface area contributed by atoms with Crippen LogP contribution in [0, 0.1) is 5.92 Å². The fraction of sp³-hybridized carbons (Fsp3) is 0.571.